The highest BCUT2D eigenvalue weighted by Gasteiger charge is 2.03. The van der Waals surface area contributed by atoms with Gasteiger partial charge in [0.15, 0.2) is 5.96 Å². The predicted octanol–water partition coefficient (Wildman–Crippen LogP) is 0.827. The molecule has 1 aromatic rings. The first-order valence-electron chi connectivity index (χ1n) is 6.54. The number of carbonyl (C=O) groups is 1. The summed E-state index contributed by atoms with van der Waals surface area (Å²) in [5.41, 5.74) is 0.780. The second-order valence-corrected chi connectivity index (χ2v) is 4.11. The van der Waals surface area contributed by atoms with E-state index in [1.165, 1.54) is 0 Å². The van der Waals surface area contributed by atoms with Gasteiger partial charge in [0.25, 0.3) is 0 Å². The molecule has 0 heterocycles. The van der Waals surface area contributed by atoms with Crippen LogP contribution in [0.3, 0.4) is 0 Å². The molecule has 0 aliphatic carbocycles. The molecule has 0 atom stereocenters. The zero-order valence-corrected chi connectivity index (χ0v) is 12.0. The number of benzene rings is 1. The number of hydrogen-bond donors (Lipinski definition) is 3. The Bertz CT molecular complexity index is 420. The fourth-order valence-electron chi connectivity index (χ4n) is 1.53. The Morgan fingerprint density at radius 2 is 2.00 bits per heavy atom. The number of nitrogens with zero attached hydrogens (tertiary/aromatic N) is 1. The van der Waals surface area contributed by atoms with Gasteiger partial charge in [-0.1, -0.05) is 18.2 Å². The van der Waals surface area contributed by atoms with Crippen LogP contribution in [0.5, 0.6) is 0 Å². The SMILES string of the molecule is CN=C(NCCCOC)NCC(=O)Nc1ccccc1. The average molecular weight is 278 g/mol. The second kappa shape index (κ2) is 9.80. The molecule has 1 aromatic carbocycles. The standard InChI is InChI=1S/C14H22N4O2/c1-15-14(16-9-6-10-20-2)17-11-13(19)18-12-7-4-3-5-8-12/h3-5,7-8H,6,9-11H2,1-2H3,(H,18,19)(H2,15,16,17). The Kier molecular flexibility index (Phi) is 7.83. The lowest BCUT2D eigenvalue weighted by Gasteiger charge is -2.11. The summed E-state index contributed by atoms with van der Waals surface area (Å²) in [4.78, 5) is 15.8. The van der Waals surface area contributed by atoms with Crippen molar-refractivity contribution in [1.82, 2.24) is 10.6 Å². The number of guanidine groups is 1. The molecule has 0 radical (unpaired) electrons. The fourth-order valence-corrected chi connectivity index (χ4v) is 1.53. The Balaban J connectivity index is 2.24. The van der Waals surface area contributed by atoms with Crippen molar-refractivity contribution >= 4 is 17.6 Å². The van der Waals surface area contributed by atoms with Crippen molar-refractivity contribution in [3.63, 3.8) is 0 Å². The molecular weight excluding hydrogens is 256 g/mol. The Hall–Kier alpha value is -2.08. The van der Waals surface area contributed by atoms with Crippen molar-refractivity contribution in [2.24, 2.45) is 4.99 Å². The van der Waals surface area contributed by atoms with Crippen molar-refractivity contribution in [2.75, 3.05) is 39.2 Å². The molecule has 0 saturated carbocycles. The molecule has 0 aromatic heterocycles. The number of nitrogens with one attached hydrogen (secondary N) is 3. The number of methoxy groups -OCH3 is 1. The van der Waals surface area contributed by atoms with Gasteiger partial charge in [-0.3, -0.25) is 9.79 Å². The van der Waals surface area contributed by atoms with E-state index in [0.717, 1.165) is 18.7 Å². The number of para-hydroxylation sites is 1. The van der Waals surface area contributed by atoms with Gasteiger partial charge in [0.1, 0.15) is 0 Å². The number of anilines is 1. The van der Waals surface area contributed by atoms with Gasteiger partial charge in [-0.2, -0.15) is 0 Å². The van der Waals surface area contributed by atoms with Crippen LogP contribution in [0.4, 0.5) is 5.69 Å². The zero-order chi connectivity index (χ0) is 14.6. The Morgan fingerprint density at radius 3 is 2.65 bits per heavy atom. The van der Waals surface area contributed by atoms with E-state index in [1.54, 1.807) is 14.2 Å². The van der Waals surface area contributed by atoms with E-state index in [9.17, 15) is 4.79 Å². The molecule has 1 amide bonds. The lowest BCUT2D eigenvalue weighted by atomic mass is 10.3. The summed E-state index contributed by atoms with van der Waals surface area (Å²) in [6.07, 6.45) is 0.882. The van der Waals surface area contributed by atoms with Gasteiger partial charge in [-0.25, -0.2) is 0 Å². The molecule has 0 aliphatic heterocycles. The highest BCUT2D eigenvalue weighted by molar-refractivity contribution is 5.94. The topological polar surface area (TPSA) is 74.8 Å². The summed E-state index contributed by atoms with van der Waals surface area (Å²) in [6.45, 7) is 1.60. The van der Waals surface area contributed by atoms with E-state index in [-0.39, 0.29) is 12.5 Å². The van der Waals surface area contributed by atoms with Crippen LogP contribution in [-0.4, -0.2) is 45.7 Å². The number of hydrogen-bond acceptors (Lipinski definition) is 3. The molecular formula is C14H22N4O2. The van der Waals surface area contributed by atoms with Gasteiger partial charge in [0.2, 0.25) is 5.91 Å². The maximum absolute atomic E-state index is 11.7. The van der Waals surface area contributed by atoms with Crippen LogP contribution in [0.25, 0.3) is 0 Å². The molecule has 0 fully saturated rings. The third kappa shape index (κ3) is 6.75. The maximum atomic E-state index is 11.7. The van der Waals surface area contributed by atoms with Gasteiger partial charge in [0.05, 0.1) is 6.54 Å². The Morgan fingerprint density at radius 1 is 1.25 bits per heavy atom. The number of amides is 1. The maximum Gasteiger partial charge on any atom is 0.243 e. The van der Waals surface area contributed by atoms with Gasteiger partial charge in [-0.15, -0.1) is 0 Å². The molecule has 110 valence electrons. The van der Waals surface area contributed by atoms with E-state index in [1.807, 2.05) is 30.3 Å². The molecule has 1 rings (SSSR count). The molecule has 0 spiro atoms. The van der Waals surface area contributed by atoms with Gasteiger partial charge in [0, 0.05) is 33.0 Å². The lowest BCUT2D eigenvalue weighted by molar-refractivity contribution is -0.115. The smallest absolute Gasteiger partial charge is 0.243 e. The van der Waals surface area contributed by atoms with Crippen LogP contribution in [-0.2, 0) is 9.53 Å². The quantitative estimate of drug-likeness (QED) is 0.392. The number of rotatable bonds is 7. The molecule has 6 heteroatoms. The number of ether oxygens (including phenoxy) is 1. The summed E-state index contributed by atoms with van der Waals surface area (Å²) in [5, 5.41) is 8.85. The van der Waals surface area contributed by atoms with Crippen molar-refractivity contribution in [3.05, 3.63) is 30.3 Å². The highest BCUT2D eigenvalue weighted by Crippen LogP contribution is 2.03. The first-order chi connectivity index (χ1) is 9.76. The zero-order valence-electron chi connectivity index (χ0n) is 12.0. The normalized spacial score (nSPS) is 11.0. The molecule has 3 N–H and O–H groups in total. The van der Waals surface area contributed by atoms with Gasteiger partial charge >= 0.3 is 0 Å². The molecule has 0 aliphatic rings. The van der Waals surface area contributed by atoms with E-state index in [4.69, 9.17) is 4.74 Å². The van der Waals surface area contributed by atoms with Crippen molar-refractivity contribution in [1.29, 1.82) is 0 Å². The first kappa shape index (κ1) is 16.0. The summed E-state index contributed by atoms with van der Waals surface area (Å²) in [6, 6.07) is 9.34. The van der Waals surface area contributed by atoms with Crippen LogP contribution in [0.2, 0.25) is 0 Å². The van der Waals surface area contributed by atoms with Crippen LogP contribution >= 0.6 is 0 Å². The minimum atomic E-state index is -0.115. The van der Waals surface area contributed by atoms with Crippen LogP contribution < -0.4 is 16.0 Å². The number of carbonyl (C=O) groups excluding carboxylic acids is 1. The highest BCUT2D eigenvalue weighted by atomic mass is 16.5. The van der Waals surface area contributed by atoms with E-state index < -0.39 is 0 Å². The van der Waals surface area contributed by atoms with Crippen molar-refractivity contribution < 1.29 is 9.53 Å². The van der Waals surface area contributed by atoms with Crippen LogP contribution in [0, 0.1) is 0 Å². The summed E-state index contributed by atoms with van der Waals surface area (Å²) in [7, 11) is 3.34. The molecule has 20 heavy (non-hydrogen) atoms. The lowest BCUT2D eigenvalue weighted by Crippen LogP contribution is -2.41. The minimum Gasteiger partial charge on any atom is -0.385 e. The molecule has 0 bridgehead atoms. The van der Waals surface area contributed by atoms with E-state index in [2.05, 4.69) is 20.9 Å². The second-order valence-electron chi connectivity index (χ2n) is 4.11. The predicted molar refractivity (Wildman–Crippen MR) is 80.9 cm³/mol. The van der Waals surface area contributed by atoms with Gasteiger partial charge < -0.3 is 20.7 Å². The van der Waals surface area contributed by atoms with E-state index >= 15 is 0 Å². The molecule has 0 saturated heterocycles. The first-order valence-corrected chi connectivity index (χ1v) is 6.54. The van der Waals surface area contributed by atoms with Crippen molar-refractivity contribution in [3.8, 4) is 0 Å². The third-order valence-electron chi connectivity index (χ3n) is 2.52. The van der Waals surface area contributed by atoms with Gasteiger partial charge in [-0.05, 0) is 18.6 Å². The third-order valence-corrected chi connectivity index (χ3v) is 2.52. The fraction of sp³-hybridized carbons (Fsp3) is 0.429. The summed E-state index contributed by atoms with van der Waals surface area (Å²) in [5.74, 6) is 0.486. The molecule has 6 nitrogen and oxygen atoms in total. The summed E-state index contributed by atoms with van der Waals surface area (Å²) >= 11 is 0. The number of aliphatic imine (C=N–C) groups is 1. The minimum absolute atomic E-state index is 0.115. The monoisotopic (exact) mass is 278 g/mol. The summed E-state index contributed by atoms with van der Waals surface area (Å²) < 4.78 is 4.96. The van der Waals surface area contributed by atoms with E-state index in [0.29, 0.717) is 12.6 Å². The largest absolute Gasteiger partial charge is 0.385 e. The van der Waals surface area contributed by atoms with Crippen LogP contribution in [0.1, 0.15) is 6.42 Å². The molecule has 0 unspecified atom stereocenters. The van der Waals surface area contributed by atoms with Crippen LogP contribution in [0.15, 0.2) is 35.3 Å². The average Bonchev–Trinajstić information content (AvgIpc) is 2.47. The Labute approximate surface area is 119 Å². The van der Waals surface area contributed by atoms with Crippen molar-refractivity contribution in [2.45, 2.75) is 6.42 Å².